The van der Waals surface area contributed by atoms with E-state index in [-0.39, 0.29) is 6.61 Å². The molecule has 0 bridgehead atoms. The van der Waals surface area contributed by atoms with Crippen LogP contribution in [0.3, 0.4) is 0 Å². The SMILES string of the molecule is COCC(O)c1cnn2ccncc12. The van der Waals surface area contributed by atoms with Gasteiger partial charge in [-0.25, -0.2) is 4.52 Å². The van der Waals surface area contributed by atoms with E-state index in [0.717, 1.165) is 11.1 Å². The number of aliphatic hydroxyl groups excluding tert-OH is 1. The summed E-state index contributed by atoms with van der Waals surface area (Å²) in [4.78, 5) is 3.98. The number of hydrogen-bond donors (Lipinski definition) is 1. The Kier molecular flexibility index (Phi) is 2.43. The maximum Gasteiger partial charge on any atom is 0.106 e. The summed E-state index contributed by atoms with van der Waals surface area (Å²) in [6.07, 6.45) is 6.02. The van der Waals surface area contributed by atoms with E-state index < -0.39 is 6.10 Å². The molecule has 1 N–H and O–H groups in total. The molecule has 1 unspecified atom stereocenters. The Hall–Kier alpha value is -1.46. The molecule has 0 aromatic carbocycles. The third-order valence-electron chi connectivity index (χ3n) is 2.04. The average Bonchev–Trinajstić information content (AvgIpc) is 2.61. The summed E-state index contributed by atoms with van der Waals surface area (Å²) in [6, 6.07) is 0. The lowest BCUT2D eigenvalue weighted by molar-refractivity contribution is 0.0652. The van der Waals surface area contributed by atoms with Gasteiger partial charge in [0.2, 0.25) is 0 Å². The van der Waals surface area contributed by atoms with Crippen LogP contribution >= 0.6 is 0 Å². The molecule has 0 spiro atoms. The summed E-state index contributed by atoms with van der Waals surface area (Å²) in [5, 5.41) is 13.8. The topological polar surface area (TPSA) is 59.7 Å². The predicted molar refractivity (Wildman–Crippen MR) is 49.8 cm³/mol. The van der Waals surface area contributed by atoms with Crippen molar-refractivity contribution >= 4 is 5.52 Å². The molecule has 2 aromatic heterocycles. The fourth-order valence-electron chi connectivity index (χ4n) is 1.36. The Morgan fingerprint density at radius 3 is 3.21 bits per heavy atom. The highest BCUT2D eigenvalue weighted by atomic mass is 16.5. The van der Waals surface area contributed by atoms with Crippen LogP contribution in [0.5, 0.6) is 0 Å². The van der Waals surface area contributed by atoms with Crippen LogP contribution in [-0.4, -0.2) is 33.4 Å². The number of rotatable bonds is 3. The van der Waals surface area contributed by atoms with Crippen LogP contribution in [0.4, 0.5) is 0 Å². The number of methoxy groups -OCH3 is 1. The molecule has 0 radical (unpaired) electrons. The van der Waals surface area contributed by atoms with E-state index in [1.807, 2.05) is 0 Å². The number of nitrogens with zero attached hydrogens (tertiary/aromatic N) is 3. The zero-order chi connectivity index (χ0) is 9.97. The summed E-state index contributed by atoms with van der Waals surface area (Å²) in [6.45, 7) is 0.260. The van der Waals surface area contributed by atoms with Crippen molar-refractivity contribution in [2.24, 2.45) is 0 Å². The van der Waals surface area contributed by atoms with Gasteiger partial charge in [0.1, 0.15) is 6.10 Å². The summed E-state index contributed by atoms with van der Waals surface area (Å²) in [7, 11) is 1.55. The van der Waals surface area contributed by atoms with Crippen LogP contribution in [0.1, 0.15) is 11.7 Å². The Bertz CT molecular complexity index is 427. The van der Waals surface area contributed by atoms with Crippen molar-refractivity contribution in [1.82, 2.24) is 14.6 Å². The smallest absolute Gasteiger partial charge is 0.106 e. The summed E-state index contributed by atoms with van der Waals surface area (Å²) >= 11 is 0. The molecule has 74 valence electrons. The number of ether oxygens (including phenoxy) is 1. The van der Waals surface area contributed by atoms with Crippen LogP contribution in [0.2, 0.25) is 0 Å². The summed E-state index contributed by atoms with van der Waals surface area (Å²) in [5.41, 5.74) is 1.54. The van der Waals surface area contributed by atoms with Crippen molar-refractivity contribution in [2.45, 2.75) is 6.10 Å². The number of aromatic nitrogens is 3. The molecule has 0 aliphatic carbocycles. The van der Waals surface area contributed by atoms with E-state index in [4.69, 9.17) is 4.74 Å². The van der Waals surface area contributed by atoms with Gasteiger partial charge in [-0.3, -0.25) is 4.98 Å². The van der Waals surface area contributed by atoms with Gasteiger partial charge >= 0.3 is 0 Å². The normalized spacial score (nSPS) is 13.3. The summed E-state index contributed by atoms with van der Waals surface area (Å²) < 4.78 is 6.54. The molecule has 0 saturated heterocycles. The number of aliphatic hydroxyl groups is 1. The first kappa shape index (κ1) is 9.11. The monoisotopic (exact) mass is 193 g/mol. The van der Waals surface area contributed by atoms with Crippen molar-refractivity contribution in [3.63, 3.8) is 0 Å². The predicted octanol–water partition coefficient (Wildman–Crippen LogP) is 0.409. The van der Waals surface area contributed by atoms with Gasteiger partial charge < -0.3 is 9.84 Å². The Balaban J connectivity index is 2.42. The van der Waals surface area contributed by atoms with Gasteiger partial charge in [-0.05, 0) is 0 Å². The van der Waals surface area contributed by atoms with Crippen LogP contribution < -0.4 is 0 Å². The van der Waals surface area contributed by atoms with Crippen LogP contribution in [0, 0.1) is 0 Å². The minimum atomic E-state index is -0.651. The molecule has 2 rings (SSSR count). The lowest BCUT2D eigenvalue weighted by atomic mass is 10.2. The lowest BCUT2D eigenvalue weighted by Gasteiger charge is -2.06. The minimum absolute atomic E-state index is 0.260. The molecular weight excluding hydrogens is 182 g/mol. The van der Waals surface area contributed by atoms with Gasteiger partial charge in [0.25, 0.3) is 0 Å². The second-order valence-corrected chi connectivity index (χ2v) is 2.98. The molecule has 0 aliphatic heterocycles. The van der Waals surface area contributed by atoms with Crippen molar-refractivity contribution in [3.05, 3.63) is 30.4 Å². The van der Waals surface area contributed by atoms with E-state index in [1.165, 1.54) is 0 Å². The fraction of sp³-hybridized carbons (Fsp3) is 0.333. The summed E-state index contributed by atoms with van der Waals surface area (Å²) in [5.74, 6) is 0. The van der Waals surface area contributed by atoms with E-state index in [9.17, 15) is 5.11 Å². The average molecular weight is 193 g/mol. The van der Waals surface area contributed by atoms with Gasteiger partial charge in [-0.1, -0.05) is 0 Å². The molecule has 2 aromatic rings. The third kappa shape index (κ3) is 1.47. The highest BCUT2D eigenvalue weighted by Crippen LogP contribution is 2.17. The first-order chi connectivity index (χ1) is 6.83. The molecule has 0 fully saturated rings. The highest BCUT2D eigenvalue weighted by Gasteiger charge is 2.12. The molecule has 5 nitrogen and oxygen atoms in total. The minimum Gasteiger partial charge on any atom is -0.386 e. The second kappa shape index (κ2) is 3.73. The van der Waals surface area contributed by atoms with E-state index in [1.54, 1.807) is 36.4 Å². The zero-order valence-electron chi connectivity index (χ0n) is 7.79. The maximum absolute atomic E-state index is 9.70. The van der Waals surface area contributed by atoms with Gasteiger partial charge in [0.05, 0.1) is 24.5 Å². The van der Waals surface area contributed by atoms with Gasteiger partial charge in [-0.15, -0.1) is 0 Å². The van der Waals surface area contributed by atoms with E-state index >= 15 is 0 Å². The molecule has 5 heteroatoms. The van der Waals surface area contributed by atoms with E-state index in [0.29, 0.717) is 0 Å². The largest absolute Gasteiger partial charge is 0.386 e. The second-order valence-electron chi connectivity index (χ2n) is 2.98. The molecule has 0 amide bonds. The van der Waals surface area contributed by atoms with Crippen molar-refractivity contribution in [1.29, 1.82) is 0 Å². The van der Waals surface area contributed by atoms with Crippen molar-refractivity contribution < 1.29 is 9.84 Å². The molecule has 0 aliphatic rings. The van der Waals surface area contributed by atoms with Gasteiger partial charge in [0.15, 0.2) is 0 Å². The lowest BCUT2D eigenvalue weighted by Crippen LogP contribution is -2.04. The molecule has 0 saturated carbocycles. The van der Waals surface area contributed by atoms with E-state index in [2.05, 4.69) is 10.1 Å². The van der Waals surface area contributed by atoms with Crippen molar-refractivity contribution in [3.8, 4) is 0 Å². The van der Waals surface area contributed by atoms with Gasteiger partial charge in [-0.2, -0.15) is 5.10 Å². The Labute approximate surface area is 81.0 Å². The highest BCUT2D eigenvalue weighted by molar-refractivity contribution is 5.52. The van der Waals surface area contributed by atoms with Crippen molar-refractivity contribution in [2.75, 3.05) is 13.7 Å². The first-order valence-corrected chi connectivity index (χ1v) is 4.27. The Morgan fingerprint density at radius 1 is 1.57 bits per heavy atom. The standard InChI is InChI=1S/C9H11N3O2/c1-14-6-9(13)7-4-11-12-3-2-10-5-8(7)12/h2-5,9,13H,6H2,1H3. The first-order valence-electron chi connectivity index (χ1n) is 4.27. The zero-order valence-corrected chi connectivity index (χ0v) is 7.79. The van der Waals surface area contributed by atoms with Gasteiger partial charge in [0, 0.05) is 25.1 Å². The molecule has 2 heterocycles. The maximum atomic E-state index is 9.70. The fourth-order valence-corrected chi connectivity index (χ4v) is 1.36. The molecule has 14 heavy (non-hydrogen) atoms. The molecular formula is C9H11N3O2. The third-order valence-corrected chi connectivity index (χ3v) is 2.04. The number of hydrogen-bond acceptors (Lipinski definition) is 4. The van der Waals surface area contributed by atoms with Crippen LogP contribution in [0.15, 0.2) is 24.8 Å². The molecule has 1 atom stereocenters. The quantitative estimate of drug-likeness (QED) is 0.767. The van der Waals surface area contributed by atoms with Crippen LogP contribution in [-0.2, 0) is 4.74 Å². The Morgan fingerprint density at radius 2 is 2.43 bits per heavy atom. The van der Waals surface area contributed by atoms with Crippen LogP contribution in [0.25, 0.3) is 5.52 Å². The number of fused-ring (bicyclic) bond motifs is 1.